The zero-order valence-electron chi connectivity index (χ0n) is 11.3. The average molecular weight is 269 g/mol. The predicted octanol–water partition coefficient (Wildman–Crippen LogP) is 1.49. The first-order chi connectivity index (χ1) is 9.16. The van der Waals surface area contributed by atoms with Gasteiger partial charge in [0.1, 0.15) is 0 Å². The first kappa shape index (κ1) is 14.2. The molecule has 0 amide bonds. The number of benzene rings is 1. The standard InChI is InChI=1S/C14H20FNO3/c1-3-19-12-5-4-10(6-11(12)15)13(16-2)14(7-17)8-18-9-14/h4-6,13,16-17H,3,7-9H2,1-2H3. The molecule has 4 nitrogen and oxygen atoms in total. The van der Waals surface area contributed by atoms with E-state index >= 15 is 0 Å². The highest BCUT2D eigenvalue weighted by molar-refractivity contribution is 5.32. The molecule has 1 aliphatic heterocycles. The van der Waals surface area contributed by atoms with Crippen molar-refractivity contribution in [1.29, 1.82) is 0 Å². The van der Waals surface area contributed by atoms with Gasteiger partial charge in [0.15, 0.2) is 11.6 Å². The van der Waals surface area contributed by atoms with Gasteiger partial charge in [0.05, 0.1) is 31.8 Å². The molecule has 0 spiro atoms. The summed E-state index contributed by atoms with van der Waals surface area (Å²) in [6.45, 7) is 3.21. The maximum Gasteiger partial charge on any atom is 0.165 e. The van der Waals surface area contributed by atoms with Crippen LogP contribution in [-0.4, -0.2) is 38.6 Å². The summed E-state index contributed by atoms with van der Waals surface area (Å²) in [5, 5.41) is 12.7. The molecule has 19 heavy (non-hydrogen) atoms. The average Bonchev–Trinajstić information content (AvgIpc) is 2.36. The lowest BCUT2D eigenvalue weighted by atomic mass is 9.76. The van der Waals surface area contributed by atoms with Crippen molar-refractivity contribution in [2.75, 3.05) is 33.5 Å². The van der Waals surface area contributed by atoms with Gasteiger partial charge < -0.3 is 19.9 Å². The molecule has 2 N–H and O–H groups in total. The highest BCUT2D eigenvalue weighted by Crippen LogP contribution is 2.40. The SMILES string of the molecule is CCOc1ccc(C(NC)C2(CO)COC2)cc1F. The predicted molar refractivity (Wildman–Crippen MR) is 69.7 cm³/mol. The highest BCUT2D eigenvalue weighted by atomic mass is 19.1. The van der Waals surface area contributed by atoms with E-state index in [-0.39, 0.29) is 29.6 Å². The van der Waals surface area contributed by atoms with E-state index < -0.39 is 0 Å². The molecule has 2 rings (SSSR count). The number of ether oxygens (including phenoxy) is 2. The van der Waals surface area contributed by atoms with Gasteiger partial charge in [-0.2, -0.15) is 0 Å². The number of aliphatic hydroxyl groups excluding tert-OH is 1. The van der Waals surface area contributed by atoms with Gasteiger partial charge in [0.2, 0.25) is 0 Å². The van der Waals surface area contributed by atoms with Gasteiger partial charge >= 0.3 is 0 Å². The van der Waals surface area contributed by atoms with Gasteiger partial charge in [0, 0.05) is 6.04 Å². The molecule has 0 radical (unpaired) electrons. The summed E-state index contributed by atoms with van der Waals surface area (Å²) >= 11 is 0. The largest absolute Gasteiger partial charge is 0.491 e. The van der Waals surface area contributed by atoms with E-state index in [1.165, 1.54) is 6.07 Å². The molecule has 1 unspecified atom stereocenters. The van der Waals surface area contributed by atoms with Crippen LogP contribution in [0, 0.1) is 11.2 Å². The van der Waals surface area contributed by atoms with E-state index in [2.05, 4.69) is 5.32 Å². The van der Waals surface area contributed by atoms with E-state index in [1.54, 1.807) is 13.1 Å². The molecule has 0 bridgehead atoms. The Morgan fingerprint density at radius 3 is 2.68 bits per heavy atom. The van der Waals surface area contributed by atoms with Gasteiger partial charge in [0.25, 0.3) is 0 Å². The molecule has 1 atom stereocenters. The normalized spacial score (nSPS) is 18.7. The third-order valence-electron chi connectivity index (χ3n) is 3.58. The summed E-state index contributed by atoms with van der Waals surface area (Å²) in [7, 11) is 1.80. The lowest BCUT2D eigenvalue weighted by Crippen LogP contribution is -2.53. The molecular weight excluding hydrogens is 249 g/mol. The number of nitrogens with one attached hydrogen (secondary N) is 1. The van der Waals surface area contributed by atoms with Crippen LogP contribution in [0.4, 0.5) is 4.39 Å². The quantitative estimate of drug-likeness (QED) is 0.821. The van der Waals surface area contributed by atoms with Crippen molar-refractivity contribution in [2.45, 2.75) is 13.0 Å². The van der Waals surface area contributed by atoms with E-state index in [0.717, 1.165) is 5.56 Å². The van der Waals surface area contributed by atoms with Crippen molar-refractivity contribution in [3.8, 4) is 5.75 Å². The van der Waals surface area contributed by atoms with Crippen molar-refractivity contribution >= 4 is 0 Å². The Kier molecular flexibility index (Phi) is 4.39. The van der Waals surface area contributed by atoms with Crippen molar-refractivity contribution in [1.82, 2.24) is 5.32 Å². The summed E-state index contributed by atoms with van der Waals surface area (Å²) in [4.78, 5) is 0. The second-order valence-electron chi connectivity index (χ2n) is 4.86. The van der Waals surface area contributed by atoms with E-state index in [1.807, 2.05) is 13.0 Å². The Bertz CT molecular complexity index is 429. The molecular formula is C14H20FNO3. The van der Waals surface area contributed by atoms with Gasteiger partial charge in [-0.25, -0.2) is 4.39 Å². The number of rotatable bonds is 6. The Hall–Kier alpha value is -1.17. The Morgan fingerprint density at radius 1 is 1.53 bits per heavy atom. The molecule has 0 aromatic heterocycles. The van der Waals surface area contributed by atoms with E-state index in [4.69, 9.17) is 9.47 Å². The van der Waals surface area contributed by atoms with E-state index in [9.17, 15) is 9.50 Å². The first-order valence-electron chi connectivity index (χ1n) is 6.45. The maximum absolute atomic E-state index is 13.9. The molecule has 1 saturated heterocycles. The fraction of sp³-hybridized carbons (Fsp3) is 0.571. The molecule has 106 valence electrons. The minimum absolute atomic E-state index is 0.00728. The molecule has 1 aromatic rings. The lowest BCUT2D eigenvalue weighted by Gasteiger charge is -2.46. The minimum Gasteiger partial charge on any atom is -0.491 e. The van der Waals surface area contributed by atoms with Crippen molar-refractivity contribution in [2.24, 2.45) is 5.41 Å². The fourth-order valence-corrected chi connectivity index (χ4v) is 2.51. The smallest absolute Gasteiger partial charge is 0.165 e. The summed E-state index contributed by atoms with van der Waals surface area (Å²) in [5.41, 5.74) is 0.426. The van der Waals surface area contributed by atoms with Crippen LogP contribution < -0.4 is 10.1 Å². The van der Waals surface area contributed by atoms with Crippen LogP contribution in [-0.2, 0) is 4.74 Å². The molecule has 1 heterocycles. The summed E-state index contributed by atoms with van der Waals surface area (Å²) < 4.78 is 24.3. The zero-order chi connectivity index (χ0) is 13.9. The zero-order valence-corrected chi connectivity index (χ0v) is 11.3. The molecule has 1 aliphatic rings. The Balaban J connectivity index is 2.26. The Morgan fingerprint density at radius 2 is 2.26 bits per heavy atom. The molecule has 0 saturated carbocycles. The fourth-order valence-electron chi connectivity index (χ4n) is 2.51. The molecule has 0 aliphatic carbocycles. The minimum atomic E-state index is -0.382. The van der Waals surface area contributed by atoms with Crippen LogP contribution in [0.1, 0.15) is 18.5 Å². The number of hydrogen-bond acceptors (Lipinski definition) is 4. The molecule has 5 heteroatoms. The van der Waals surface area contributed by atoms with Crippen LogP contribution in [0.5, 0.6) is 5.75 Å². The topological polar surface area (TPSA) is 50.7 Å². The summed E-state index contributed by atoms with van der Waals surface area (Å²) in [6.07, 6.45) is 0. The third kappa shape index (κ3) is 2.59. The number of aliphatic hydroxyl groups is 1. The maximum atomic E-state index is 13.9. The lowest BCUT2D eigenvalue weighted by molar-refractivity contribution is -0.155. The van der Waals surface area contributed by atoms with Crippen molar-refractivity contribution in [3.05, 3.63) is 29.6 Å². The summed E-state index contributed by atoms with van der Waals surface area (Å²) in [6, 6.07) is 4.77. The molecule has 1 aromatic carbocycles. The van der Waals surface area contributed by atoms with Gasteiger partial charge in [-0.05, 0) is 31.7 Å². The van der Waals surface area contributed by atoms with Crippen molar-refractivity contribution in [3.63, 3.8) is 0 Å². The van der Waals surface area contributed by atoms with Crippen LogP contribution in [0.2, 0.25) is 0 Å². The van der Waals surface area contributed by atoms with Crippen LogP contribution in [0.25, 0.3) is 0 Å². The highest BCUT2D eigenvalue weighted by Gasteiger charge is 2.45. The van der Waals surface area contributed by atoms with Gasteiger partial charge in [-0.15, -0.1) is 0 Å². The van der Waals surface area contributed by atoms with Gasteiger partial charge in [-0.1, -0.05) is 6.07 Å². The molecule has 1 fully saturated rings. The monoisotopic (exact) mass is 269 g/mol. The Labute approximate surface area is 112 Å². The van der Waals surface area contributed by atoms with Crippen molar-refractivity contribution < 1.29 is 19.0 Å². The van der Waals surface area contributed by atoms with Gasteiger partial charge in [-0.3, -0.25) is 0 Å². The first-order valence-corrected chi connectivity index (χ1v) is 6.45. The summed E-state index contributed by atoms with van der Waals surface area (Å²) in [5.74, 6) is -0.128. The van der Waals surface area contributed by atoms with E-state index in [0.29, 0.717) is 19.8 Å². The number of halogens is 1. The third-order valence-corrected chi connectivity index (χ3v) is 3.58. The second-order valence-corrected chi connectivity index (χ2v) is 4.86. The van der Waals surface area contributed by atoms with Crippen LogP contribution in [0.3, 0.4) is 0 Å². The van der Waals surface area contributed by atoms with Crippen LogP contribution >= 0.6 is 0 Å². The second kappa shape index (κ2) is 5.86. The van der Waals surface area contributed by atoms with Crippen LogP contribution in [0.15, 0.2) is 18.2 Å². The number of hydrogen-bond donors (Lipinski definition) is 2.